The Balaban J connectivity index is 2.46. The maximum atomic E-state index is 12.4. The number of ketones is 1. The summed E-state index contributed by atoms with van der Waals surface area (Å²) in [6.07, 6.45) is 4.05. The van der Waals surface area contributed by atoms with Gasteiger partial charge in [0.25, 0.3) is 0 Å². The summed E-state index contributed by atoms with van der Waals surface area (Å²) in [5.41, 5.74) is 0.732. The van der Waals surface area contributed by atoms with E-state index in [0.717, 1.165) is 6.42 Å². The fourth-order valence-electron chi connectivity index (χ4n) is 1.63. The Labute approximate surface area is 118 Å². The van der Waals surface area contributed by atoms with Crippen LogP contribution in [0.5, 0.6) is 0 Å². The highest BCUT2D eigenvalue weighted by Crippen LogP contribution is 2.22. The molecule has 18 heavy (non-hydrogen) atoms. The number of carbonyl (C=O) groups is 1. The van der Waals surface area contributed by atoms with Crippen LogP contribution in [0.4, 0.5) is 0 Å². The molecule has 2 heterocycles. The van der Waals surface area contributed by atoms with Crippen LogP contribution in [0.25, 0.3) is 0 Å². The Bertz CT molecular complexity index is 582. The second-order valence-electron chi connectivity index (χ2n) is 3.73. The highest BCUT2D eigenvalue weighted by Gasteiger charge is 2.21. The van der Waals surface area contributed by atoms with E-state index in [1.54, 1.807) is 29.2 Å². The van der Waals surface area contributed by atoms with Gasteiger partial charge in [-0.15, -0.1) is 0 Å². The summed E-state index contributed by atoms with van der Waals surface area (Å²) in [5, 5.41) is 4.51. The highest BCUT2D eigenvalue weighted by molar-refractivity contribution is 9.10. The number of hydrogen-bond acceptors (Lipinski definition) is 3. The van der Waals surface area contributed by atoms with Gasteiger partial charge in [0.15, 0.2) is 0 Å². The standard InChI is InChI=1S/C12H11BrClN3O/c1-2-6-17-11(8(13)7-16-17)12(18)10-9(14)4-3-5-15-10/h3-5,7H,2,6H2,1H3. The summed E-state index contributed by atoms with van der Waals surface area (Å²) in [7, 11) is 0. The molecule has 0 aliphatic heterocycles. The summed E-state index contributed by atoms with van der Waals surface area (Å²) >= 11 is 9.32. The average molecular weight is 329 g/mol. The maximum Gasteiger partial charge on any atom is 0.232 e. The van der Waals surface area contributed by atoms with Crippen molar-refractivity contribution in [2.45, 2.75) is 19.9 Å². The molecule has 0 aromatic carbocycles. The van der Waals surface area contributed by atoms with E-state index < -0.39 is 0 Å². The lowest BCUT2D eigenvalue weighted by Crippen LogP contribution is -2.13. The molecule has 0 saturated carbocycles. The van der Waals surface area contributed by atoms with Crippen LogP contribution in [-0.2, 0) is 6.54 Å². The average Bonchev–Trinajstić information content (AvgIpc) is 2.71. The van der Waals surface area contributed by atoms with Crippen LogP contribution >= 0.6 is 27.5 Å². The van der Waals surface area contributed by atoms with E-state index in [9.17, 15) is 4.79 Å². The Morgan fingerprint density at radius 1 is 1.56 bits per heavy atom. The summed E-state index contributed by atoms with van der Waals surface area (Å²) in [5.74, 6) is -0.224. The van der Waals surface area contributed by atoms with Gasteiger partial charge in [0.1, 0.15) is 11.4 Å². The molecule has 0 amide bonds. The third-order valence-electron chi connectivity index (χ3n) is 2.42. The van der Waals surface area contributed by atoms with Crippen LogP contribution in [0.15, 0.2) is 29.0 Å². The van der Waals surface area contributed by atoms with E-state index in [1.165, 1.54) is 0 Å². The van der Waals surface area contributed by atoms with E-state index in [0.29, 0.717) is 21.7 Å². The van der Waals surface area contributed by atoms with Crippen molar-refractivity contribution >= 4 is 33.3 Å². The molecule has 2 aromatic rings. The van der Waals surface area contributed by atoms with Gasteiger partial charge in [-0.05, 0) is 34.5 Å². The van der Waals surface area contributed by atoms with Crippen LogP contribution in [0.3, 0.4) is 0 Å². The monoisotopic (exact) mass is 327 g/mol. The zero-order valence-electron chi connectivity index (χ0n) is 9.73. The van der Waals surface area contributed by atoms with Crippen molar-refractivity contribution < 1.29 is 4.79 Å². The Morgan fingerprint density at radius 3 is 3.00 bits per heavy atom. The first-order valence-electron chi connectivity index (χ1n) is 5.51. The molecule has 0 fully saturated rings. The van der Waals surface area contributed by atoms with Gasteiger partial charge in [0, 0.05) is 12.7 Å². The quantitative estimate of drug-likeness (QED) is 0.809. The number of carbonyl (C=O) groups excluding carboxylic acids is 1. The maximum absolute atomic E-state index is 12.4. The van der Waals surface area contributed by atoms with Gasteiger partial charge in [-0.2, -0.15) is 5.10 Å². The number of aryl methyl sites for hydroxylation is 1. The summed E-state index contributed by atoms with van der Waals surface area (Å²) < 4.78 is 2.32. The lowest BCUT2D eigenvalue weighted by Gasteiger charge is -2.06. The van der Waals surface area contributed by atoms with Gasteiger partial charge in [-0.3, -0.25) is 14.5 Å². The number of aromatic nitrogens is 3. The number of rotatable bonds is 4. The second kappa shape index (κ2) is 5.63. The number of nitrogens with zero attached hydrogens (tertiary/aromatic N) is 3. The Morgan fingerprint density at radius 2 is 2.33 bits per heavy atom. The third-order valence-corrected chi connectivity index (χ3v) is 3.30. The molecular weight excluding hydrogens is 318 g/mol. The predicted molar refractivity (Wildman–Crippen MR) is 72.9 cm³/mol. The van der Waals surface area contributed by atoms with Crippen molar-refractivity contribution in [1.29, 1.82) is 0 Å². The number of pyridine rings is 1. The first kappa shape index (κ1) is 13.2. The Kier molecular flexibility index (Phi) is 4.14. The van der Waals surface area contributed by atoms with Crippen LogP contribution in [0, 0.1) is 0 Å². The van der Waals surface area contributed by atoms with Gasteiger partial charge in [0.2, 0.25) is 5.78 Å². The largest absolute Gasteiger partial charge is 0.285 e. The molecule has 2 rings (SSSR count). The van der Waals surface area contributed by atoms with Crippen LogP contribution in [0.1, 0.15) is 29.5 Å². The molecule has 94 valence electrons. The summed E-state index contributed by atoms with van der Waals surface area (Å²) in [6, 6.07) is 3.34. The number of hydrogen-bond donors (Lipinski definition) is 0. The molecule has 0 aliphatic carbocycles. The minimum absolute atomic E-state index is 0.224. The van der Waals surface area contributed by atoms with Crippen molar-refractivity contribution in [3.8, 4) is 0 Å². The normalized spacial score (nSPS) is 10.6. The van der Waals surface area contributed by atoms with E-state index in [1.807, 2.05) is 6.92 Å². The van der Waals surface area contributed by atoms with Crippen molar-refractivity contribution in [2.75, 3.05) is 0 Å². The minimum Gasteiger partial charge on any atom is -0.285 e. The van der Waals surface area contributed by atoms with Crippen LogP contribution < -0.4 is 0 Å². The lowest BCUT2D eigenvalue weighted by molar-refractivity contribution is 0.102. The predicted octanol–water partition coefficient (Wildman–Crippen LogP) is 3.34. The minimum atomic E-state index is -0.224. The van der Waals surface area contributed by atoms with Gasteiger partial charge in [-0.1, -0.05) is 18.5 Å². The molecule has 2 aromatic heterocycles. The van der Waals surface area contributed by atoms with Crippen molar-refractivity contribution in [1.82, 2.24) is 14.8 Å². The third kappa shape index (κ3) is 2.47. The topological polar surface area (TPSA) is 47.8 Å². The first-order valence-corrected chi connectivity index (χ1v) is 6.68. The van der Waals surface area contributed by atoms with Crippen LogP contribution in [0.2, 0.25) is 5.02 Å². The molecular formula is C12H11BrClN3O. The Hall–Kier alpha value is -1.20. The van der Waals surface area contributed by atoms with Crippen molar-refractivity contribution in [2.24, 2.45) is 0 Å². The van der Waals surface area contributed by atoms with E-state index in [-0.39, 0.29) is 11.5 Å². The SMILES string of the molecule is CCCn1ncc(Br)c1C(=O)c1ncccc1Cl. The van der Waals surface area contributed by atoms with Crippen LogP contribution in [-0.4, -0.2) is 20.5 Å². The number of halogens is 2. The molecule has 0 atom stereocenters. The molecule has 4 nitrogen and oxygen atoms in total. The molecule has 0 saturated heterocycles. The summed E-state index contributed by atoms with van der Waals surface area (Å²) in [4.78, 5) is 16.4. The smallest absolute Gasteiger partial charge is 0.232 e. The van der Waals surface area contributed by atoms with E-state index >= 15 is 0 Å². The fraction of sp³-hybridized carbons (Fsp3) is 0.250. The fourth-order valence-corrected chi connectivity index (χ4v) is 2.32. The molecule has 0 N–H and O–H groups in total. The van der Waals surface area contributed by atoms with Gasteiger partial charge >= 0.3 is 0 Å². The van der Waals surface area contributed by atoms with Gasteiger partial charge in [0.05, 0.1) is 15.7 Å². The highest BCUT2D eigenvalue weighted by atomic mass is 79.9. The zero-order valence-corrected chi connectivity index (χ0v) is 12.1. The van der Waals surface area contributed by atoms with E-state index in [2.05, 4.69) is 26.0 Å². The molecule has 0 radical (unpaired) electrons. The molecule has 0 aliphatic rings. The van der Waals surface area contributed by atoms with Crippen molar-refractivity contribution in [3.05, 3.63) is 45.4 Å². The molecule has 0 spiro atoms. The summed E-state index contributed by atoms with van der Waals surface area (Å²) in [6.45, 7) is 2.70. The zero-order chi connectivity index (χ0) is 13.1. The molecule has 6 heteroatoms. The second-order valence-corrected chi connectivity index (χ2v) is 4.99. The van der Waals surface area contributed by atoms with Gasteiger partial charge < -0.3 is 0 Å². The first-order chi connectivity index (χ1) is 8.65. The van der Waals surface area contributed by atoms with Crippen molar-refractivity contribution in [3.63, 3.8) is 0 Å². The molecule has 0 unspecified atom stereocenters. The lowest BCUT2D eigenvalue weighted by atomic mass is 10.2. The molecule has 0 bridgehead atoms. The van der Waals surface area contributed by atoms with E-state index in [4.69, 9.17) is 11.6 Å². The van der Waals surface area contributed by atoms with Gasteiger partial charge in [-0.25, -0.2) is 0 Å².